The predicted molar refractivity (Wildman–Crippen MR) is 90.8 cm³/mol. The smallest absolute Gasteiger partial charge is 0.170 e. The van der Waals surface area contributed by atoms with Gasteiger partial charge in [0.25, 0.3) is 0 Å². The zero-order valence-corrected chi connectivity index (χ0v) is 13.6. The van der Waals surface area contributed by atoms with Crippen LogP contribution in [0.3, 0.4) is 0 Å². The monoisotopic (exact) mass is 295 g/mol. The van der Waals surface area contributed by atoms with E-state index in [0.29, 0.717) is 5.11 Å². The number of rotatable bonds is 7. The number of aryl methyl sites for hydroxylation is 1. The zero-order chi connectivity index (χ0) is 15.0. The quantitative estimate of drug-likeness (QED) is 0.597. The molecule has 2 N–H and O–H groups in total. The summed E-state index contributed by atoms with van der Waals surface area (Å²) in [5, 5.41) is 7.04. The van der Waals surface area contributed by atoms with Crippen LogP contribution >= 0.6 is 12.2 Å². The van der Waals surface area contributed by atoms with Crippen LogP contribution in [0.1, 0.15) is 18.9 Å². The molecule has 0 heterocycles. The third kappa shape index (κ3) is 5.75. The van der Waals surface area contributed by atoms with Crippen LogP contribution in [0.25, 0.3) is 0 Å². The summed E-state index contributed by atoms with van der Waals surface area (Å²) in [6.45, 7) is 6.45. The number of benzene rings is 1. The number of nitrogens with zero attached hydrogens (tertiary/aromatic N) is 1. The van der Waals surface area contributed by atoms with E-state index in [4.69, 9.17) is 17.0 Å². The summed E-state index contributed by atoms with van der Waals surface area (Å²) in [6, 6.07) is 6.23. The van der Waals surface area contributed by atoms with E-state index < -0.39 is 0 Å². The highest BCUT2D eigenvalue weighted by molar-refractivity contribution is 7.80. The van der Waals surface area contributed by atoms with Crippen molar-refractivity contribution in [1.29, 1.82) is 0 Å². The molecule has 0 spiro atoms. The Kier molecular flexibility index (Phi) is 7.33. The van der Waals surface area contributed by atoms with E-state index in [9.17, 15) is 0 Å². The molecule has 0 saturated carbocycles. The number of nitrogens with one attached hydrogen (secondary N) is 2. The topological polar surface area (TPSA) is 36.5 Å². The second kappa shape index (κ2) is 8.76. The number of hydrogen-bond acceptors (Lipinski definition) is 3. The summed E-state index contributed by atoms with van der Waals surface area (Å²) in [5.41, 5.74) is 3.44. The van der Waals surface area contributed by atoms with Crippen molar-refractivity contribution >= 4 is 28.7 Å². The molecule has 0 bridgehead atoms. The van der Waals surface area contributed by atoms with Gasteiger partial charge in [0, 0.05) is 45.2 Å². The Morgan fingerprint density at radius 2 is 2.10 bits per heavy atom. The van der Waals surface area contributed by atoms with Crippen molar-refractivity contribution in [2.24, 2.45) is 0 Å². The van der Waals surface area contributed by atoms with Gasteiger partial charge in [-0.2, -0.15) is 0 Å². The van der Waals surface area contributed by atoms with E-state index >= 15 is 0 Å². The lowest BCUT2D eigenvalue weighted by Gasteiger charge is -2.18. The summed E-state index contributed by atoms with van der Waals surface area (Å²) in [7, 11) is 4.08. The molecule has 0 radical (unpaired) electrons. The molecule has 1 aromatic rings. The molecule has 0 aliphatic carbocycles. The maximum Gasteiger partial charge on any atom is 0.170 e. The van der Waals surface area contributed by atoms with Gasteiger partial charge < -0.3 is 20.3 Å². The molecular weight excluding hydrogens is 270 g/mol. The molecule has 0 amide bonds. The van der Waals surface area contributed by atoms with E-state index in [1.165, 1.54) is 11.3 Å². The van der Waals surface area contributed by atoms with Crippen molar-refractivity contribution in [1.82, 2.24) is 5.32 Å². The van der Waals surface area contributed by atoms with Gasteiger partial charge in [-0.3, -0.25) is 0 Å². The van der Waals surface area contributed by atoms with Crippen LogP contribution in [0, 0.1) is 6.92 Å². The summed E-state index contributed by atoms with van der Waals surface area (Å²) in [6.07, 6.45) is 0.951. The van der Waals surface area contributed by atoms with E-state index in [2.05, 4.69) is 34.6 Å². The molecule has 0 aromatic heterocycles. The fourth-order valence-corrected chi connectivity index (χ4v) is 2.08. The number of thiocarbonyl (C=S) groups is 1. The van der Waals surface area contributed by atoms with Gasteiger partial charge in [0.05, 0.1) is 0 Å². The van der Waals surface area contributed by atoms with Gasteiger partial charge in [-0.25, -0.2) is 0 Å². The molecule has 1 aromatic carbocycles. The Bertz CT molecular complexity index is 435. The molecule has 112 valence electrons. The summed E-state index contributed by atoms with van der Waals surface area (Å²) < 4.78 is 5.28. The number of hydrogen-bond donors (Lipinski definition) is 2. The molecule has 1 rings (SSSR count). The minimum atomic E-state index is 0.648. The Morgan fingerprint density at radius 1 is 1.35 bits per heavy atom. The Morgan fingerprint density at radius 3 is 2.75 bits per heavy atom. The van der Waals surface area contributed by atoms with Crippen LogP contribution in [0.4, 0.5) is 11.4 Å². The first kappa shape index (κ1) is 16.7. The normalized spacial score (nSPS) is 10.2. The molecule has 0 unspecified atom stereocenters. The molecule has 0 saturated heterocycles. The Labute approximate surface area is 127 Å². The van der Waals surface area contributed by atoms with E-state index in [1.807, 2.05) is 27.1 Å². The maximum absolute atomic E-state index is 5.28. The van der Waals surface area contributed by atoms with Crippen molar-refractivity contribution in [2.45, 2.75) is 20.3 Å². The van der Waals surface area contributed by atoms with Gasteiger partial charge in [0.1, 0.15) is 0 Å². The van der Waals surface area contributed by atoms with Gasteiger partial charge in [0.15, 0.2) is 5.11 Å². The van der Waals surface area contributed by atoms with Gasteiger partial charge in [-0.1, -0.05) is 6.07 Å². The predicted octanol–water partition coefficient (Wildman–Crippen LogP) is 2.77. The summed E-state index contributed by atoms with van der Waals surface area (Å²) >= 11 is 5.28. The number of ether oxygens (including phenoxy) is 1. The van der Waals surface area contributed by atoms with Crippen LogP contribution in [0.15, 0.2) is 18.2 Å². The fourth-order valence-electron chi connectivity index (χ4n) is 1.86. The van der Waals surface area contributed by atoms with E-state index in [-0.39, 0.29) is 0 Å². The standard InChI is InChI=1S/C15H25N3OS/c1-5-19-10-6-9-16-15(20)17-13-8-7-12(2)14(11-13)18(3)4/h7-8,11H,5-6,9-10H2,1-4H3,(H2,16,17,20). The largest absolute Gasteiger partial charge is 0.382 e. The van der Waals surface area contributed by atoms with Crippen molar-refractivity contribution in [3.63, 3.8) is 0 Å². The second-order valence-electron chi connectivity index (χ2n) is 4.83. The van der Waals surface area contributed by atoms with Gasteiger partial charge in [-0.05, 0) is 50.2 Å². The first-order chi connectivity index (χ1) is 9.54. The van der Waals surface area contributed by atoms with Gasteiger partial charge >= 0.3 is 0 Å². The maximum atomic E-state index is 5.28. The zero-order valence-electron chi connectivity index (χ0n) is 12.8. The van der Waals surface area contributed by atoms with E-state index in [0.717, 1.165) is 31.9 Å². The fraction of sp³-hybridized carbons (Fsp3) is 0.533. The lowest BCUT2D eigenvalue weighted by atomic mass is 10.1. The van der Waals surface area contributed by atoms with Crippen LogP contribution in [0.2, 0.25) is 0 Å². The molecule has 5 heteroatoms. The van der Waals surface area contributed by atoms with Crippen molar-refractivity contribution in [2.75, 3.05) is 44.1 Å². The average molecular weight is 295 g/mol. The molecule has 0 aliphatic rings. The van der Waals surface area contributed by atoms with Crippen molar-refractivity contribution in [3.05, 3.63) is 23.8 Å². The molecular formula is C15H25N3OS. The van der Waals surface area contributed by atoms with Crippen molar-refractivity contribution < 1.29 is 4.74 Å². The lowest BCUT2D eigenvalue weighted by Crippen LogP contribution is -2.29. The third-order valence-electron chi connectivity index (χ3n) is 2.90. The average Bonchev–Trinajstić information content (AvgIpc) is 2.40. The van der Waals surface area contributed by atoms with Crippen LogP contribution in [-0.4, -0.2) is 39.0 Å². The summed E-state index contributed by atoms with van der Waals surface area (Å²) in [5.74, 6) is 0. The lowest BCUT2D eigenvalue weighted by molar-refractivity contribution is 0.146. The highest BCUT2D eigenvalue weighted by atomic mass is 32.1. The highest BCUT2D eigenvalue weighted by Crippen LogP contribution is 2.22. The molecule has 0 atom stereocenters. The minimum Gasteiger partial charge on any atom is -0.382 e. The third-order valence-corrected chi connectivity index (χ3v) is 3.15. The minimum absolute atomic E-state index is 0.648. The molecule has 20 heavy (non-hydrogen) atoms. The van der Waals surface area contributed by atoms with Gasteiger partial charge in [0.2, 0.25) is 0 Å². The van der Waals surface area contributed by atoms with Crippen LogP contribution in [-0.2, 0) is 4.74 Å². The first-order valence-corrected chi connectivity index (χ1v) is 7.36. The van der Waals surface area contributed by atoms with Crippen molar-refractivity contribution in [3.8, 4) is 0 Å². The summed E-state index contributed by atoms with van der Waals surface area (Å²) in [4.78, 5) is 2.10. The van der Waals surface area contributed by atoms with Crippen LogP contribution < -0.4 is 15.5 Å². The van der Waals surface area contributed by atoms with Crippen LogP contribution in [0.5, 0.6) is 0 Å². The SMILES string of the molecule is CCOCCCNC(=S)Nc1ccc(C)c(N(C)C)c1. The van der Waals surface area contributed by atoms with E-state index in [1.54, 1.807) is 0 Å². The Balaban J connectivity index is 2.44. The molecule has 0 aliphatic heterocycles. The molecule has 4 nitrogen and oxygen atoms in total. The number of anilines is 2. The van der Waals surface area contributed by atoms with Gasteiger partial charge in [-0.15, -0.1) is 0 Å². The second-order valence-corrected chi connectivity index (χ2v) is 5.24. The first-order valence-electron chi connectivity index (χ1n) is 6.95. The molecule has 0 fully saturated rings. The Hall–Kier alpha value is -1.33. The highest BCUT2D eigenvalue weighted by Gasteiger charge is 2.03.